The molecule has 0 saturated heterocycles. The molecule has 0 heterocycles. The molecule has 0 unspecified atom stereocenters. The van der Waals surface area contributed by atoms with Crippen LogP contribution in [0.25, 0.3) is 11.1 Å². The molecule has 0 aliphatic heterocycles. The summed E-state index contributed by atoms with van der Waals surface area (Å²) >= 11 is 6.54. The third-order valence-corrected chi connectivity index (χ3v) is 4.28. The Balaban J connectivity index is 2.41. The van der Waals surface area contributed by atoms with Crippen LogP contribution >= 0.6 is 31.9 Å². The van der Waals surface area contributed by atoms with Gasteiger partial charge < -0.3 is 0 Å². The van der Waals surface area contributed by atoms with Gasteiger partial charge in [0.1, 0.15) is 0 Å². The number of hydrogen-bond acceptors (Lipinski definition) is 4. The lowest BCUT2D eigenvalue weighted by Gasteiger charge is -2.09. The summed E-state index contributed by atoms with van der Waals surface area (Å²) in [6.45, 7) is 0. The minimum atomic E-state index is -0.616. The van der Waals surface area contributed by atoms with Crippen LogP contribution in [0.3, 0.4) is 0 Å². The Morgan fingerprint density at radius 3 is 1.41 bits per heavy atom. The second-order valence-electron chi connectivity index (χ2n) is 4.27. The average molecular weight is 430 g/mol. The van der Waals surface area contributed by atoms with Gasteiger partial charge in [-0.2, -0.15) is 0 Å². The molecule has 2 amide bonds. The minimum absolute atomic E-state index is 0.293. The molecule has 0 atom stereocenters. The second kappa shape index (κ2) is 7.01. The van der Waals surface area contributed by atoms with E-state index >= 15 is 0 Å². The van der Waals surface area contributed by atoms with Crippen molar-refractivity contribution in [3.63, 3.8) is 0 Å². The van der Waals surface area contributed by atoms with E-state index in [9.17, 15) is 9.59 Å². The zero-order chi connectivity index (χ0) is 16.3. The molecule has 0 aliphatic carbocycles. The predicted molar refractivity (Wildman–Crippen MR) is 85.8 cm³/mol. The number of carbonyl (C=O) groups excluding carboxylic acids is 2. The lowest BCUT2D eigenvalue weighted by molar-refractivity contribution is 0.0701. The van der Waals surface area contributed by atoms with Gasteiger partial charge in [0.2, 0.25) is 0 Å². The van der Waals surface area contributed by atoms with Crippen molar-refractivity contribution < 1.29 is 20.0 Å². The van der Waals surface area contributed by atoms with Crippen molar-refractivity contribution in [2.75, 3.05) is 0 Å². The maximum absolute atomic E-state index is 11.4. The van der Waals surface area contributed by atoms with E-state index in [1.54, 1.807) is 47.4 Å². The van der Waals surface area contributed by atoms with Gasteiger partial charge in [-0.15, -0.1) is 0 Å². The number of halogens is 2. The summed E-state index contributed by atoms with van der Waals surface area (Å²) in [4.78, 5) is 22.8. The molecule has 0 aromatic heterocycles. The Hall–Kier alpha value is -1.74. The number of hydrogen-bond donors (Lipinski definition) is 4. The Morgan fingerprint density at radius 1 is 0.773 bits per heavy atom. The fourth-order valence-electron chi connectivity index (χ4n) is 1.88. The maximum Gasteiger partial charge on any atom is 0.275 e. The molecular formula is C14H10Br2N2O4. The first kappa shape index (κ1) is 16.6. The SMILES string of the molecule is O=C(NO)c1ccc(-c2ccc(C(=O)NO)c(Br)c2)cc1Br. The Labute approximate surface area is 142 Å². The van der Waals surface area contributed by atoms with E-state index in [0.29, 0.717) is 20.1 Å². The number of benzene rings is 2. The third kappa shape index (κ3) is 3.36. The third-order valence-electron chi connectivity index (χ3n) is 2.96. The summed E-state index contributed by atoms with van der Waals surface area (Å²) in [6.07, 6.45) is 0. The van der Waals surface area contributed by atoms with Gasteiger partial charge in [-0.25, -0.2) is 11.0 Å². The van der Waals surface area contributed by atoms with Crippen LogP contribution in [0.5, 0.6) is 0 Å². The van der Waals surface area contributed by atoms with Gasteiger partial charge in [0.25, 0.3) is 11.8 Å². The Kier molecular flexibility index (Phi) is 5.30. The highest BCUT2D eigenvalue weighted by Crippen LogP contribution is 2.29. The van der Waals surface area contributed by atoms with Crippen molar-refractivity contribution in [1.82, 2.24) is 11.0 Å². The highest BCUT2D eigenvalue weighted by Gasteiger charge is 2.13. The predicted octanol–water partition coefficient (Wildman–Crippen LogP) is 3.12. The number of amides is 2. The van der Waals surface area contributed by atoms with Crippen LogP contribution in [0.1, 0.15) is 20.7 Å². The van der Waals surface area contributed by atoms with Gasteiger partial charge in [0.15, 0.2) is 0 Å². The Bertz CT molecular complexity index is 686. The van der Waals surface area contributed by atoms with E-state index in [1.807, 2.05) is 0 Å². The number of nitrogens with one attached hydrogen (secondary N) is 2. The van der Waals surface area contributed by atoms with Crippen molar-refractivity contribution >= 4 is 43.7 Å². The second-order valence-corrected chi connectivity index (χ2v) is 5.98. The van der Waals surface area contributed by atoms with Crippen molar-refractivity contribution in [2.45, 2.75) is 0 Å². The maximum atomic E-state index is 11.4. The average Bonchev–Trinajstić information content (AvgIpc) is 2.53. The number of carbonyl (C=O) groups is 2. The summed E-state index contributed by atoms with van der Waals surface area (Å²) in [5, 5.41) is 17.3. The molecular weight excluding hydrogens is 420 g/mol. The van der Waals surface area contributed by atoms with E-state index in [4.69, 9.17) is 10.4 Å². The summed E-state index contributed by atoms with van der Waals surface area (Å²) in [6, 6.07) is 9.99. The molecule has 6 nitrogen and oxygen atoms in total. The lowest BCUT2D eigenvalue weighted by Crippen LogP contribution is -2.19. The van der Waals surface area contributed by atoms with Gasteiger partial charge >= 0.3 is 0 Å². The monoisotopic (exact) mass is 428 g/mol. The van der Waals surface area contributed by atoms with E-state index in [2.05, 4.69) is 31.9 Å². The van der Waals surface area contributed by atoms with Crippen LogP contribution in [0.15, 0.2) is 45.3 Å². The zero-order valence-electron chi connectivity index (χ0n) is 10.9. The van der Waals surface area contributed by atoms with Gasteiger partial charge in [-0.05, 0) is 67.3 Å². The van der Waals surface area contributed by atoms with Crippen molar-refractivity contribution in [1.29, 1.82) is 0 Å². The number of rotatable bonds is 3. The summed E-state index contributed by atoms with van der Waals surface area (Å²) in [7, 11) is 0. The highest BCUT2D eigenvalue weighted by atomic mass is 79.9. The molecule has 0 saturated carbocycles. The summed E-state index contributed by atoms with van der Waals surface area (Å²) < 4.78 is 1.04. The normalized spacial score (nSPS) is 10.2. The summed E-state index contributed by atoms with van der Waals surface area (Å²) in [5.74, 6) is -1.23. The van der Waals surface area contributed by atoms with Gasteiger partial charge in [-0.1, -0.05) is 12.1 Å². The van der Waals surface area contributed by atoms with Crippen molar-refractivity contribution in [3.8, 4) is 11.1 Å². The molecule has 2 aromatic rings. The largest absolute Gasteiger partial charge is 0.288 e. The molecule has 0 spiro atoms. The smallest absolute Gasteiger partial charge is 0.275 e. The molecule has 22 heavy (non-hydrogen) atoms. The molecule has 8 heteroatoms. The van der Waals surface area contributed by atoms with Gasteiger partial charge in [0.05, 0.1) is 11.1 Å². The van der Waals surface area contributed by atoms with E-state index in [1.165, 1.54) is 0 Å². The number of hydroxylamine groups is 2. The molecule has 0 bridgehead atoms. The van der Waals surface area contributed by atoms with Crippen LogP contribution in [-0.2, 0) is 0 Å². The Morgan fingerprint density at radius 2 is 1.14 bits per heavy atom. The van der Waals surface area contributed by atoms with E-state index in [-0.39, 0.29) is 0 Å². The first-order chi connectivity index (χ1) is 10.5. The van der Waals surface area contributed by atoms with E-state index < -0.39 is 11.8 Å². The van der Waals surface area contributed by atoms with Crippen LogP contribution in [0.4, 0.5) is 0 Å². The quantitative estimate of drug-likeness (QED) is 0.445. The molecule has 4 N–H and O–H groups in total. The van der Waals surface area contributed by atoms with Crippen LogP contribution in [0, 0.1) is 0 Å². The lowest BCUT2D eigenvalue weighted by atomic mass is 10.0. The summed E-state index contributed by atoms with van der Waals surface area (Å²) in [5.41, 5.74) is 5.34. The first-order valence-corrected chi connectivity index (χ1v) is 7.55. The minimum Gasteiger partial charge on any atom is -0.288 e. The van der Waals surface area contributed by atoms with Gasteiger partial charge in [0, 0.05) is 8.95 Å². The highest BCUT2D eigenvalue weighted by molar-refractivity contribution is 9.10. The molecule has 2 rings (SSSR count). The standard InChI is InChI=1S/C14H10Br2N2O4/c15-11-5-7(1-3-9(11)13(19)17-21)8-2-4-10(12(16)6-8)14(20)18-22/h1-6,21-22H,(H,17,19)(H,18,20). The van der Waals surface area contributed by atoms with Crippen molar-refractivity contribution in [2.24, 2.45) is 0 Å². The molecule has 0 radical (unpaired) electrons. The fraction of sp³-hybridized carbons (Fsp3) is 0. The first-order valence-electron chi connectivity index (χ1n) is 5.96. The molecule has 2 aromatic carbocycles. The van der Waals surface area contributed by atoms with Crippen LogP contribution in [0.2, 0.25) is 0 Å². The van der Waals surface area contributed by atoms with Crippen LogP contribution < -0.4 is 11.0 Å². The van der Waals surface area contributed by atoms with Gasteiger partial charge in [-0.3, -0.25) is 20.0 Å². The zero-order valence-corrected chi connectivity index (χ0v) is 14.1. The van der Waals surface area contributed by atoms with Crippen LogP contribution in [-0.4, -0.2) is 22.2 Å². The molecule has 114 valence electrons. The molecule has 0 fully saturated rings. The van der Waals surface area contributed by atoms with E-state index in [0.717, 1.165) is 11.1 Å². The topological polar surface area (TPSA) is 98.7 Å². The fourth-order valence-corrected chi connectivity index (χ4v) is 3.00. The van der Waals surface area contributed by atoms with Crippen molar-refractivity contribution in [3.05, 3.63) is 56.5 Å². The molecule has 0 aliphatic rings.